The van der Waals surface area contributed by atoms with Gasteiger partial charge < -0.3 is 4.90 Å². The van der Waals surface area contributed by atoms with Crippen LogP contribution in [0.1, 0.15) is 43.9 Å². The van der Waals surface area contributed by atoms with Gasteiger partial charge in [-0.2, -0.15) is 0 Å². The van der Waals surface area contributed by atoms with Crippen LogP contribution in [0.25, 0.3) is 0 Å². The van der Waals surface area contributed by atoms with E-state index >= 15 is 0 Å². The van der Waals surface area contributed by atoms with Crippen molar-refractivity contribution in [3.63, 3.8) is 0 Å². The van der Waals surface area contributed by atoms with Gasteiger partial charge in [-0.25, -0.2) is 0 Å². The molecule has 1 aromatic carbocycles. The number of rotatable bonds is 7. The number of aryl methyl sites for hydroxylation is 1. The Labute approximate surface area is 123 Å². The van der Waals surface area contributed by atoms with Crippen LogP contribution in [0.4, 0.5) is 0 Å². The second-order valence-corrected chi connectivity index (χ2v) is 5.61. The molecule has 0 bridgehead atoms. The van der Waals surface area contributed by atoms with E-state index < -0.39 is 0 Å². The molecule has 1 rings (SSSR count). The van der Waals surface area contributed by atoms with E-state index in [0.29, 0.717) is 0 Å². The second kappa shape index (κ2) is 8.05. The van der Waals surface area contributed by atoms with Gasteiger partial charge in [-0.15, -0.1) is 0 Å². The quantitative estimate of drug-likeness (QED) is 0.763. The predicted molar refractivity (Wildman–Crippen MR) is 84.8 cm³/mol. The third kappa shape index (κ3) is 4.34. The summed E-state index contributed by atoms with van der Waals surface area (Å²) < 4.78 is 0. The molecular weight excluding hydrogens is 248 g/mol. The summed E-state index contributed by atoms with van der Waals surface area (Å²) in [5.41, 5.74) is 2.27. The highest BCUT2D eigenvalue weighted by atomic mass is 16.2. The van der Waals surface area contributed by atoms with Gasteiger partial charge in [0.15, 0.2) is 0 Å². The SMILES string of the molecule is CCCN(CCC)C(=O)[C@H](c1cccc(C)c1)N(C)C. The number of amides is 1. The number of carbonyl (C=O) groups is 1. The van der Waals surface area contributed by atoms with Crippen molar-refractivity contribution >= 4 is 5.91 Å². The highest BCUT2D eigenvalue weighted by molar-refractivity contribution is 5.83. The molecule has 0 aromatic heterocycles. The number of likely N-dealkylation sites (N-methyl/N-ethyl adjacent to an activating group) is 1. The molecule has 3 nitrogen and oxygen atoms in total. The molecule has 0 aliphatic rings. The van der Waals surface area contributed by atoms with Crippen molar-refractivity contribution in [1.29, 1.82) is 0 Å². The van der Waals surface area contributed by atoms with Gasteiger partial charge in [0.1, 0.15) is 6.04 Å². The predicted octanol–water partition coefficient (Wildman–Crippen LogP) is 3.25. The zero-order valence-electron chi connectivity index (χ0n) is 13.5. The minimum atomic E-state index is -0.187. The Hall–Kier alpha value is -1.35. The molecule has 0 fully saturated rings. The first-order chi connectivity index (χ1) is 9.51. The van der Waals surface area contributed by atoms with E-state index in [1.54, 1.807) is 0 Å². The van der Waals surface area contributed by atoms with Crippen LogP contribution < -0.4 is 0 Å². The molecule has 112 valence electrons. The van der Waals surface area contributed by atoms with Crippen LogP contribution in [0.3, 0.4) is 0 Å². The highest BCUT2D eigenvalue weighted by Crippen LogP contribution is 2.22. The second-order valence-electron chi connectivity index (χ2n) is 5.61. The smallest absolute Gasteiger partial charge is 0.244 e. The van der Waals surface area contributed by atoms with Gasteiger partial charge in [-0.3, -0.25) is 9.69 Å². The molecule has 0 aliphatic heterocycles. The first kappa shape index (κ1) is 16.7. The maximum Gasteiger partial charge on any atom is 0.244 e. The van der Waals surface area contributed by atoms with Crippen molar-refractivity contribution in [3.8, 4) is 0 Å². The topological polar surface area (TPSA) is 23.6 Å². The van der Waals surface area contributed by atoms with Crippen molar-refractivity contribution < 1.29 is 4.79 Å². The van der Waals surface area contributed by atoms with E-state index in [-0.39, 0.29) is 11.9 Å². The van der Waals surface area contributed by atoms with Crippen molar-refractivity contribution in [2.75, 3.05) is 27.2 Å². The fourth-order valence-corrected chi connectivity index (χ4v) is 2.55. The molecule has 20 heavy (non-hydrogen) atoms. The molecule has 1 amide bonds. The fraction of sp³-hybridized carbons (Fsp3) is 0.588. The van der Waals surface area contributed by atoms with E-state index in [9.17, 15) is 4.79 Å². The molecule has 0 unspecified atom stereocenters. The maximum absolute atomic E-state index is 12.9. The summed E-state index contributed by atoms with van der Waals surface area (Å²) in [5.74, 6) is 0.212. The Balaban J connectivity index is 3.03. The molecule has 1 atom stereocenters. The summed E-state index contributed by atoms with van der Waals surface area (Å²) in [6, 6.07) is 8.06. The summed E-state index contributed by atoms with van der Waals surface area (Å²) in [6.07, 6.45) is 2.00. The average molecular weight is 276 g/mol. The van der Waals surface area contributed by atoms with Crippen LogP contribution >= 0.6 is 0 Å². The van der Waals surface area contributed by atoms with Crippen LogP contribution in [0.2, 0.25) is 0 Å². The van der Waals surface area contributed by atoms with Crippen LogP contribution in [-0.4, -0.2) is 42.9 Å². The lowest BCUT2D eigenvalue weighted by Gasteiger charge is -2.31. The summed E-state index contributed by atoms with van der Waals surface area (Å²) in [4.78, 5) is 16.9. The summed E-state index contributed by atoms with van der Waals surface area (Å²) in [5, 5.41) is 0. The molecule has 0 heterocycles. The van der Waals surface area contributed by atoms with Crippen LogP contribution in [0.5, 0.6) is 0 Å². The zero-order chi connectivity index (χ0) is 15.1. The molecule has 0 saturated heterocycles. The minimum absolute atomic E-state index is 0.187. The standard InChI is InChI=1S/C17H28N2O/c1-6-11-19(12-7-2)17(20)16(18(4)5)15-10-8-9-14(3)13-15/h8-10,13,16H,6-7,11-12H2,1-5H3/t16-/m0/s1. The van der Waals surface area contributed by atoms with Crippen molar-refractivity contribution in [2.45, 2.75) is 39.7 Å². The Morgan fingerprint density at radius 2 is 1.75 bits per heavy atom. The highest BCUT2D eigenvalue weighted by Gasteiger charge is 2.27. The van der Waals surface area contributed by atoms with Gasteiger partial charge >= 0.3 is 0 Å². The van der Waals surface area contributed by atoms with Crippen LogP contribution in [-0.2, 0) is 4.79 Å². The van der Waals surface area contributed by atoms with Gasteiger partial charge in [0.05, 0.1) is 0 Å². The molecule has 0 N–H and O–H groups in total. The number of benzene rings is 1. The fourth-order valence-electron chi connectivity index (χ4n) is 2.55. The Morgan fingerprint density at radius 3 is 2.20 bits per heavy atom. The lowest BCUT2D eigenvalue weighted by Crippen LogP contribution is -2.41. The first-order valence-corrected chi connectivity index (χ1v) is 7.53. The number of nitrogens with zero attached hydrogens (tertiary/aromatic N) is 2. The third-order valence-electron chi connectivity index (χ3n) is 3.41. The molecule has 0 spiro atoms. The Bertz CT molecular complexity index is 423. The third-order valence-corrected chi connectivity index (χ3v) is 3.41. The molecule has 0 radical (unpaired) electrons. The van der Waals surface area contributed by atoms with Crippen LogP contribution in [0, 0.1) is 6.92 Å². The normalized spacial score (nSPS) is 12.5. The van der Waals surface area contributed by atoms with E-state index in [2.05, 4.69) is 32.9 Å². The zero-order valence-corrected chi connectivity index (χ0v) is 13.5. The largest absolute Gasteiger partial charge is 0.341 e. The Morgan fingerprint density at radius 1 is 1.15 bits per heavy atom. The van der Waals surface area contributed by atoms with Gasteiger partial charge in [0.25, 0.3) is 0 Å². The van der Waals surface area contributed by atoms with E-state index in [4.69, 9.17) is 0 Å². The molecule has 0 saturated carbocycles. The maximum atomic E-state index is 12.9. The van der Waals surface area contributed by atoms with Gasteiger partial charge in [-0.05, 0) is 39.4 Å². The number of hydrogen-bond donors (Lipinski definition) is 0. The Kier molecular flexibility index (Phi) is 6.73. The van der Waals surface area contributed by atoms with E-state index in [1.165, 1.54) is 5.56 Å². The lowest BCUT2D eigenvalue weighted by molar-refractivity contribution is -0.136. The lowest BCUT2D eigenvalue weighted by atomic mass is 10.0. The molecule has 3 heteroatoms. The average Bonchev–Trinajstić information content (AvgIpc) is 2.38. The first-order valence-electron chi connectivity index (χ1n) is 7.53. The van der Waals surface area contributed by atoms with Gasteiger partial charge in [0, 0.05) is 13.1 Å². The molecule has 1 aromatic rings. The summed E-state index contributed by atoms with van der Waals surface area (Å²) in [7, 11) is 3.95. The minimum Gasteiger partial charge on any atom is -0.341 e. The molecule has 0 aliphatic carbocycles. The number of carbonyl (C=O) groups excluding carboxylic acids is 1. The van der Waals surface area contributed by atoms with Crippen molar-refractivity contribution in [2.24, 2.45) is 0 Å². The van der Waals surface area contributed by atoms with Crippen molar-refractivity contribution in [3.05, 3.63) is 35.4 Å². The monoisotopic (exact) mass is 276 g/mol. The van der Waals surface area contributed by atoms with Crippen LogP contribution in [0.15, 0.2) is 24.3 Å². The molecular formula is C17H28N2O. The van der Waals surface area contributed by atoms with E-state index in [1.807, 2.05) is 36.0 Å². The van der Waals surface area contributed by atoms with E-state index in [0.717, 1.165) is 31.5 Å². The number of hydrogen-bond acceptors (Lipinski definition) is 2. The van der Waals surface area contributed by atoms with Gasteiger partial charge in [-0.1, -0.05) is 43.7 Å². The summed E-state index contributed by atoms with van der Waals surface area (Å²) in [6.45, 7) is 7.97. The summed E-state index contributed by atoms with van der Waals surface area (Å²) >= 11 is 0. The van der Waals surface area contributed by atoms with Gasteiger partial charge in [0.2, 0.25) is 5.91 Å². The van der Waals surface area contributed by atoms with Crippen molar-refractivity contribution in [1.82, 2.24) is 9.80 Å².